The fourth-order valence-electron chi connectivity index (χ4n) is 5.25. The summed E-state index contributed by atoms with van der Waals surface area (Å²) >= 11 is 0. The number of carbonyl (C=O) groups is 2. The summed E-state index contributed by atoms with van der Waals surface area (Å²) in [5.74, 6) is -0.909. The minimum Gasteiger partial charge on any atom is -0.365 e. The topological polar surface area (TPSA) is 108 Å². The van der Waals surface area contributed by atoms with E-state index in [9.17, 15) is 14.9 Å². The van der Waals surface area contributed by atoms with Crippen LogP contribution in [-0.4, -0.2) is 36.8 Å². The Hall–Kier alpha value is -4.28. The van der Waals surface area contributed by atoms with E-state index < -0.39 is 12.1 Å². The van der Waals surface area contributed by atoms with Crippen molar-refractivity contribution in [1.82, 2.24) is 4.48 Å². The van der Waals surface area contributed by atoms with Crippen LogP contribution in [0.25, 0.3) is 0 Å². The molecule has 0 unspecified atom stereocenters. The molecule has 0 aliphatic carbocycles. The maximum absolute atomic E-state index is 13.8. The monoisotopic (exact) mass is 464 g/mol. The van der Waals surface area contributed by atoms with E-state index in [4.69, 9.17) is 10.7 Å². The number of nitrogens with zero attached hydrogens (tertiary/aromatic N) is 3. The number of nitriles is 1. The number of likely N-dealkylation sites (tertiary alicyclic amines) is 1. The number of nitrogens with two attached hydrogens (primary N) is 1. The number of quaternary nitrogens is 1. The number of rotatable bonds is 4. The van der Waals surface area contributed by atoms with Gasteiger partial charge in [0.15, 0.2) is 0 Å². The maximum Gasteiger partial charge on any atom is 0.307 e. The fourth-order valence-corrected chi connectivity index (χ4v) is 5.25. The van der Waals surface area contributed by atoms with Crippen LogP contribution in [0, 0.1) is 17.2 Å². The second kappa shape index (κ2) is 9.16. The van der Waals surface area contributed by atoms with Gasteiger partial charge in [-0.1, -0.05) is 60.7 Å². The molecule has 1 saturated heterocycles. The van der Waals surface area contributed by atoms with Crippen molar-refractivity contribution in [2.75, 3.05) is 18.4 Å². The number of amides is 2. The predicted molar refractivity (Wildman–Crippen MR) is 136 cm³/mol. The number of primary amides is 1. The Morgan fingerprint density at radius 1 is 0.971 bits per heavy atom. The lowest BCUT2D eigenvalue weighted by molar-refractivity contribution is -0.121. The van der Waals surface area contributed by atoms with Gasteiger partial charge >= 0.3 is 5.91 Å². The van der Waals surface area contributed by atoms with E-state index in [0.29, 0.717) is 48.6 Å². The number of carbonyl (C=O) groups excluding carboxylic acids is 2. The summed E-state index contributed by atoms with van der Waals surface area (Å²) in [4.78, 5) is 31.4. The number of fused-ring (bicyclic) bond motifs is 1. The smallest absolute Gasteiger partial charge is 0.307 e. The SMILES string of the molecule is N#CC1CC[N+](c2ccccc2C(N)=O)([C@@H]2N=C(c3ccccc3)c3ccccc3NC2=O)CC1. The lowest BCUT2D eigenvalue weighted by Crippen LogP contribution is -2.64. The Morgan fingerprint density at radius 2 is 1.63 bits per heavy atom. The minimum atomic E-state index is -0.863. The van der Waals surface area contributed by atoms with Crippen LogP contribution in [0.1, 0.15) is 34.3 Å². The van der Waals surface area contributed by atoms with Crippen molar-refractivity contribution in [1.29, 1.82) is 5.26 Å². The van der Waals surface area contributed by atoms with Crippen molar-refractivity contribution < 1.29 is 9.59 Å². The van der Waals surface area contributed by atoms with Crippen LogP contribution in [0.15, 0.2) is 83.9 Å². The van der Waals surface area contributed by atoms with E-state index in [2.05, 4.69) is 11.4 Å². The molecule has 35 heavy (non-hydrogen) atoms. The van der Waals surface area contributed by atoms with Gasteiger partial charge in [0.1, 0.15) is 11.3 Å². The molecule has 1 fully saturated rings. The number of anilines is 1. The number of hydrogen-bond donors (Lipinski definition) is 2. The molecule has 1 atom stereocenters. The van der Waals surface area contributed by atoms with Gasteiger partial charge in [0, 0.05) is 30.0 Å². The second-order valence-corrected chi connectivity index (χ2v) is 9.02. The molecule has 7 nitrogen and oxygen atoms in total. The molecule has 7 heteroatoms. The number of piperidine rings is 1. The summed E-state index contributed by atoms with van der Waals surface area (Å²) in [6.45, 7) is 0.977. The summed E-state index contributed by atoms with van der Waals surface area (Å²) in [6, 6.07) is 27.0. The predicted octanol–water partition coefficient (Wildman–Crippen LogP) is 3.84. The molecule has 0 radical (unpaired) electrons. The first-order valence-electron chi connectivity index (χ1n) is 11.7. The van der Waals surface area contributed by atoms with Crippen LogP contribution in [0.4, 0.5) is 11.4 Å². The standard InChI is InChI=1S/C28H25N5O2/c29-18-19-14-16-33(17-15-19,24-13-7-5-11-22(24)26(30)34)27-28(35)31-23-12-6-4-10-21(23)25(32-27)20-8-2-1-3-9-20/h1-13,19,27H,14-17H2,(H2-,30,31,32,34,35)/p+1/t19?,27-,33?/m0/s1. The maximum atomic E-state index is 13.8. The highest BCUT2D eigenvalue weighted by Gasteiger charge is 2.49. The van der Waals surface area contributed by atoms with Crippen molar-refractivity contribution >= 4 is 28.9 Å². The molecule has 0 saturated carbocycles. The molecule has 174 valence electrons. The van der Waals surface area contributed by atoms with Crippen LogP contribution in [-0.2, 0) is 4.79 Å². The number of hydrogen-bond acceptors (Lipinski definition) is 4. The minimum absolute atomic E-state index is 0.106. The zero-order valence-corrected chi connectivity index (χ0v) is 19.2. The molecule has 0 aromatic heterocycles. The van der Waals surface area contributed by atoms with Gasteiger partial charge in [0.2, 0.25) is 0 Å². The highest BCUT2D eigenvalue weighted by Crippen LogP contribution is 2.38. The lowest BCUT2D eigenvalue weighted by Gasteiger charge is -2.45. The van der Waals surface area contributed by atoms with E-state index in [1.165, 1.54) is 0 Å². The van der Waals surface area contributed by atoms with Gasteiger partial charge in [-0.3, -0.25) is 14.1 Å². The largest absolute Gasteiger partial charge is 0.365 e. The van der Waals surface area contributed by atoms with Crippen molar-refractivity contribution in [2.24, 2.45) is 16.6 Å². The number of nitrogens with one attached hydrogen (secondary N) is 1. The van der Waals surface area contributed by atoms with Gasteiger partial charge in [-0.2, -0.15) is 5.26 Å². The Bertz CT molecular complexity index is 1350. The Labute approximate surface area is 204 Å². The van der Waals surface area contributed by atoms with E-state index in [0.717, 1.165) is 11.1 Å². The van der Waals surface area contributed by atoms with E-state index in [1.807, 2.05) is 66.7 Å². The van der Waals surface area contributed by atoms with E-state index in [1.54, 1.807) is 12.1 Å². The van der Waals surface area contributed by atoms with E-state index >= 15 is 0 Å². The highest BCUT2D eigenvalue weighted by atomic mass is 16.2. The highest BCUT2D eigenvalue weighted by molar-refractivity contribution is 6.19. The molecule has 5 rings (SSSR count). The number of benzene rings is 3. The third kappa shape index (κ3) is 3.98. The molecule has 0 bridgehead atoms. The van der Waals surface area contributed by atoms with Crippen molar-refractivity contribution in [3.63, 3.8) is 0 Å². The first kappa shape index (κ1) is 22.5. The van der Waals surface area contributed by atoms with Crippen molar-refractivity contribution in [2.45, 2.75) is 19.0 Å². The van der Waals surface area contributed by atoms with Gasteiger partial charge in [-0.05, 0) is 12.1 Å². The number of benzodiazepines with no additional fused rings is 1. The van der Waals surface area contributed by atoms with Crippen LogP contribution in [0.2, 0.25) is 0 Å². The average molecular weight is 465 g/mol. The third-order valence-electron chi connectivity index (χ3n) is 7.03. The fraction of sp³-hybridized carbons (Fsp3) is 0.214. The Balaban J connectivity index is 1.74. The second-order valence-electron chi connectivity index (χ2n) is 9.02. The van der Waals surface area contributed by atoms with E-state index in [-0.39, 0.29) is 16.3 Å². The quantitative estimate of drug-likeness (QED) is 0.573. The Kier molecular flexibility index (Phi) is 5.89. The van der Waals surface area contributed by atoms with Crippen molar-refractivity contribution in [3.05, 3.63) is 95.6 Å². The molecule has 3 aromatic carbocycles. The summed E-state index contributed by atoms with van der Waals surface area (Å²) in [5, 5.41) is 12.6. The molecule has 2 aliphatic rings. The molecule has 2 heterocycles. The summed E-state index contributed by atoms with van der Waals surface area (Å²) in [6.07, 6.45) is 0.324. The molecular formula is C28H26N5O2+. The van der Waals surface area contributed by atoms with Crippen LogP contribution in [0.3, 0.4) is 0 Å². The molecule has 0 spiro atoms. The first-order chi connectivity index (χ1) is 17.0. The molecule has 2 aliphatic heterocycles. The van der Waals surface area contributed by atoms with Crippen LogP contribution in [0.5, 0.6) is 0 Å². The zero-order chi connectivity index (χ0) is 24.4. The molecule has 3 N–H and O–H groups in total. The van der Waals surface area contributed by atoms with Crippen LogP contribution >= 0.6 is 0 Å². The molecule has 2 amide bonds. The Morgan fingerprint density at radius 3 is 2.34 bits per heavy atom. The lowest BCUT2D eigenvalue weighted by atomic mass is 9.93. The summed E-state index contributed by atoms with van der Waals surface area (Å²) < 4.78 is 0.132. The van der Waals surface area contributed by atoms with Gasteiger partial charge in [-0.25, -0.2) is 4.99 Å². The van der Waals surface area contributed by atoms with Gasteiger partial charge in [-0.15, -0.1) is 0 Å². The zero-order valence-electron chi connectivity index (χ0n) is 19.2. The van der Waals surface area contributed by atoms with Crippen LogP contribution < -0.4 is 15.5 Å². The van der Waals surface area contributed by atoms with Gasteiger partial charge in [0.25, 0.3) is 12.1 Å². The molecular weight excluding hydrogens is 438 g/mol. The average Bonchev–Trinajstić information content (AvgIpc) is 3.05. The van der Waals surface area contributed by atoms with Gasteiger partial charge in [0.05, 0.1) is 36.5 Å². The molecule has 3 aromatic rings. The first-order valence-corrected chi connectivity index (χ1v) is 11.7. The number of para-hydroxylation sites is 2. The summed E-state index contributed by atoms with van der Waals surface area (Å²) in [5.41, 5.74) is 9.95. The summed E-state index contributed by atoms with van der Waals surface area (Å²) in [7, 11) is 0. The number of aliphatic imine (C=N–C) groups is 1. The normalized spacial score (nSPS) is 23.7. The van der Waals surface area contributed by atoms with Crippen molar-refractivity contribution in [3.8, 4) is 6.07 Å². The van der Waals surface area contributed by atoms with Gasteiger partial charge < -0.3 is 11.1 Å². The third-order valence-corrected chi connectivity index (χ3v) is 7.03.